The van der Waals surface area contributed by atoms with E-state index in [1.54, 1.807) is 18.2 Å². The zero-order chi connectivity index (χ0) is 18.3. The first-order chi connectivity index (χ1) is 12.5. The van der Waals surface area contributed by atoms with Crippen LogP contribution in [0.25, 0.3) is 11.3 Å². The molecule has 1 atom stereocenters. The molecule has 0 saturated carbocycles. The molecule has 7 heteroatoms. The van der Waals surface area contributed by atoms with E-state index in [1.165, 1.54) is 0 Å². The van der Waals surface area contributed by atoms with Crippen molar-refractivity contribution in [1.29, 1.82) is 0 Å². The standard InChI is InChI=1S/C19H18ClN3O3/c1-11-18(12(2)25-21-11)16-7-4-8-23(16)19(24)15-10-17(26-22-15)13-5-3-6-14(20)9-13/h3,5-6,9-10,16H,4,7-8H2,1-2H3. The van der Waals surface area contributed by atoms with Crippen molar-refractivity contribution in [2.75, 3.05) is 6.54 Å². The van der Waals surface area contributed by atoms with E-state index in [0.717, 1.165) is 35.4 Å². The minimum atomic E-state index is -0.149. The van der Waals surface area contributed by atoms with E-state index in [2.05, 4.69) is 10.3 Å². The second-order valence-corrected chi connectivity index (χ2v) is 6.92. The highest BCUT2D eigenvalue weighted by atomic mass is 35.5. The molecule has 0 N–H and O–H groups in total. The Morgan fingerprint density at radius 2 is 2.08 bits per heavy atom. The summed E-state index contributed by atoms with van der Waals surface area (Å²) in [6, 6.07) is 8.88. The Balaban J connectivity index is 1.61. The van der Waals surface area contributed by atoms with Crippen LogP contribution in [0.1, 0.15) is 46.4 Å². The summed E-state index contributed by atoms with van der Waals surface area (Å²) < 4.78 is 10.7. The Hall–Kier alpha value is -2.60. The Kier molecular flexibility index (Phi) is 4.28. The monoisotopic (exact) mass is 371 g/mol. The van der Waals surface area contributed by atoms with Gasteiger partial charge in [0.2, 0.25) is 0 Å². The quantitative estimate of drug-likeness (QED) is 0.673. The summed E-state index contributed by atoms with van der Waals surface area (Å²) in [5.41, 5.74) is 2.90. The van der Waals surface area contributed by atoms with Crippen molar-refractivity contribution >= 4 is 17.5 Å². The number of amides is 1. The van der Waals surface area contributed by atoms with Gasteiger partial charge in [0.05, 0.1) is 11.7 Å². The van der Waals surface area contributed by atoms with Crippen molar-refractivity contribution in [2.45, 2.75) is 32.7 Å². The number of aromatic nitrogens is 2. The number of rotatable bonds is 3. The third kappa shape index (κ3) is 2.90. The number of hydrogen-bond donors (Lipinski definition) is 0. The predicted molar refractivity (Wildman–Crippen MR) is 95.9 cm³/mol. The second-order valence-electron chi connectivity index (χ2n) is 6.48. The Morgan fingerprint density at radius 1 is 1.23 bits per heavy atom. The number of nitrogens with zero attached hydrogens (tertiary/aromatic N) is 3. The molecule has 1 aromatic carbocycles. The van der Waals surface area contributed by atoms with Crippen LogP contribution in [-0.4, -0.2) is 27.7 Å². The van der Waals surface area contributed by atoms with Gasteiger partial charge < -0.3 is 13.9 Å². The van der Waals surface area contributed by atoms with Gasteiger partial charge in [0.15, 0.2) is 11.5 Å². The van der Waals surface area contributed by atoms with Crippen LogP contribution in [0, 0.1) is 13.8 Å². The van der Waals surface area contributed by atoms with Crippen molar-refractivity contribution in [3.8, 4) is 11.3 Å². The van der Waals surface area contributed by atoms with Gasteiger partial charge in [-0.2, -0.15) is 0 Å². The Morgan fingerprint density at radius 3 is 2.81 bits per heavy atom. The SMILES string of the molecule is Cc1noc(C)c1C1CCCN1C(=O)c1cc(-c2cccc(Cl)c2)on1. The number of carbonyl (C=O) groups is 1. The maximum atomic E-state index is 13.0. The number of likely N-dealkylation sites (tertiary alicyclic amines) is 1. The fourth-order valence-electron chi connectivity index (χ4n) is 3.58. The average Bonchev–Trinajstić information content (AvgIpc) is 3.34. The highest BCUT2D eigenvalue weighted by Crippen LogP contribution is 2.36. The fraction of sp³-hybridized carbons (Fsp3) is 0.316. The molecule has 6 nitrogen and oxygen atoms in total. The van der Waals surface area contributed by atoms with Crippen LogP contribution in [0.4, 0.5) is 0 Å². The first kappa shape index (κ1) is 16.8. The van der Waals surface area contributed by atoms with Crippen LogP contribution in [0.3, 0.4) is 0 Å². The molecule has 0 radical (unpaired) electrons. The number of hydrogen-bond acceptors (Lipinski definition) is 5. The average molecular weight is 372 g/mol. The molecule has 1 aliphatic heterocycles. The predicted octanol–water partition coefficient (Wildman–Crippen LogP) is 4.58. The van der Waals surface area contributed by atoms with E-state index >= 15 is 0 Å². The zero-order valence-electron chi connectivity index (χ0n) is 14.5. The smallest absolute Gasteiger partial charge is 0.276 e. The van der Waals surface area contributed by atoms with Crippen LogP contribution in [-0.2, 0) is 0 Å². The van der Waals surface area contributed by atoms with Crippen LogP contribution in [0.15, 0.2) is 39.4 Å². The molecule has 1 saturated heterocycles. The number of benzene rings is 1. The van der Waals surface area contributed by atoms with Crippen molar-refractivity contribution < 1.29 is 13.8 Å². The minimum Gasteiger partial charge on any atom is -0.361 e. The summed E-state index contributed by atoms with van der Waals surface area (Å²) in [6.07, 6.45) is 1.81. The molecule has 26 heavy (non-hydrogen) atoms. The number of carbonyl (C=O) groups excluding carboxylic acids is 1. The maximum Gasteiger partial charge on any atom is 0.276 e. The summed E-state index contributed by atoms with van der Waals surface area (Å²) in [5.74, 6) is 1.13. The summed E-state index contributed by atoms with van der Waals surface area (Å²) in [6.45, 7) is 4.46. The van der Waals surface area contributed by atoms with E-state index in [1.807, 2.05) is 30.9 Å². The van der Waals surface area contributed by atoms with Crippen LogP contribution in [0.5, 0.6) is 0 Å². The lowest BCUT2D eigenvalue weighted by Gasteiger charge is -2.23. The lowest BCUT2D eigenvalue weighted by Crippen LogP contribution is -2.31. The zero-order valence-corrected chi connectivity index (χ0v) is 15.3. The van der Waals surface area contributed by atoms with Crippen LogP contribution >= 0.6 is 11.6 Å². The summed E-state index contributed by atoms with van der Waals surface area (Å²) in [7, 11) is 0. The molecule has 1 unspecified atom stereocenters. The van der Waals surface area contributed by atoms with Gasteiger partial charge in [0.25, 0.3) is 5.91 Å². The maximum absolute atomic E-state index is 13.0. The normalized spacial score (nSPS) is 17.0. The van der Waals surface area contributed by atoms with Crippen LogP contribution < -0.4 is 0 Å². The van der Waals surface area contributed by atoms with Gasteiger partial charge in [-0.1, -0.05) is 34.0 Å². The molecule has 4 rings (SSSR count). The molecular formula is C19H18ClN3O3. The second kappa shape index (κ2) is 6.61. The van der Waals surface area contributed by atoms with Gasteiger partial charge >= 0.3 is 0 Å². The van der Waals surface area contributed by atoms with E-state index in [9.17, 15) is 4.79 Å². The van der Waals surface area contributed by atoms with Gasteiger partial charge in [0, 0.05) is 28.8 Å². The molecule has 3 aromatic rings. The third-order valence-corrected chi connectivity index (χ3v) is 5.01. The summed E-state index contributed by atoms with van der Waals surface area (Å²) in [5, 5.41) is 8.60. The topological polar surface area (TPSA) is 72.4 Å². The molecule has 0 aliphatic carbocycles. The highest BCUT2D eigenvalue weighted by Gasteiger charge is 2.35. The van der Waals surface area contributed by atoms with Gasteiger partial charge in [-0.25, -0.2) is 0 Å². The van der Waals surface area contributed by atoms with E-state index < -0.39 is 0 Å². The molecule has 0 spiro atoms. The van der Waals surface area contributed by atoms with E-state index in [0.29, 0.717) is 23.0 Å². The fourth-order valence-corrected chi connectivity index (χ4v) is 3.77. The molecule has 1 aliphatic rings. The molecule has 2 aromatic heterocycles. The molecule has 1 amide bonds. The van der Waals surface area contributed by atoms with Crippen molar-refractivity contribution in [1.82, 2.24) is 15.2 Å². The van der Waals surface area contributed by atoms with E-state index in [4.69, 9.17) is 20.6 Å². The van der Waals surface area contributed by atoms with Gasteiger partial charge in [0.1, 0.15) is 5.76 Å². The molecule has 3 heterocycles. The number of halogens is 1. The lowest BCUT2D eigenvalue weighted by atomic mass is 10.0. The molecular weight excluding hydrogens is 354 g/mol. The van der Waals surface area contributed by atoms with Gasteiger partial charge in [-0.3, -0.25) is 4.79 Å². The summed E-state index contributed by atoms with van der Waals surface area (Å²) in [4.78, 5) is 14.8. The molecule has 0 bridgehead atoms. The van der Waals surface area contributed by atoms with Crippen molar-refractivity contribution in [3.05, 3.63) is 58.1 Å². The minimum absolute atomic E-state index is 0.0416. The Bertz CT molecular complexity index is 943. The Labute approximate surface area is 155 Å². The van der Waals surface area contributed by atoms with Gasteiger partial charge in [-0.05, 0) is 38.8 Å². The van der Waals surface area contributed by atoms with E-state index in [-0.39, 0.29) is 11.9 Å². The molecule has 1 fully saturated rings. The highest BCUT2D eigenvalue weighted by molar-refractivity contribution is 6.30. The molecule has 134 valence electrons. The van der Waals surface area contributed by atoms with Crippen molar-refractivity contribution in [3.63, 3.8) is 0 Å². The number of aryl methyl sites for hydroxylation is 2. The first-order valence-corrected chi connectivity index (χ1v) is 8.89. The third-order valence-electron chi connectivity index (χ3n) is 4.77. The van der Waals surface area contributed by atoms with Crippen molar-refractivity contribution in [2.24, 2.45) is 0 Å². The first-order valence-electron chi connectivity index (χ1n) is 8.51. The largest absolute Gasteiger partial charge is 0.361 e. The lowest BCUT2D eigenvalue weighted by molar-refractivity contribution is 0.0724. The van der Waals surface area contributed by atoms with Crippen LogP contribution in [0.2, 0.25) is 5.02 Å². The summed E-state index contributed by atoms with van der Waals surface area (Å²) >= 11 is 6.02. The van der Waals surface area contributed by atoms with Gasteiger partial charge in [-0.15, -0.1) is 0 Å².